The molecule has 2 heteroatoms. The summed E-state index contributed by atoms with van der Waals surface area (Å²) in [7, 11) is 0. The molecule has 0 heterocycles. The fraction of sp³-hybridized carbons (Fsp3) is 0.500. The van der Waals surface area contributed by atoms with Crippen LogP contribution in [0.25, 0.3) is 0 Å². The van der Waals surface area contributed by atoms with Gasteiger partial charge in [-0.05, 0) is 18.4 Å². The SMILES string of the molecule is FC1=C[C@H]2C=C[C@H](C2)[C@@H]1Cl. The van der Waals surface area contributed by atoms with Crippen molar-refractivity contribution < 1.29 is 4.39 Å². The first-order chi connectivity index (χ1) is 4.77. The molecule has 0 saturated carbocycles. The second-order valence-corrected chi connectivity index (χ2v) is 3.37. The molecule has 0 spiro atoms. The van der Waals surface area contributed by atoms with E-state index in [9.17, 15) is 4.39 Å². The number of rotatable bonds is 0. The Morgan fingerprint density at radius 2 is 2.30 bits per heavy atom. The summed E-state index contributed by atoms with van der Waals surface area (Å²) >= 11 is 5.77. The van der Waals surface area contributed by atoms with E-state index >= 15 is 0 Å². The Balaban J connectivity index is 2.32. The maximum Gasteiger partial charge on any atom is 0.115 e. The van der Waals surface area contributed by atoms with E-state index in [0.717, 1.165) is 6.42 Å². The molecule has 0 amide bonds. The van der Waals surface area contributed by atoms with Crippen LogP contribution in [0.5, 0.6) is 0 Å². The van der Waals surface area contributed by atoms with Crippen molar-refractivity contribution in [3.8, 4) is 0 Å². The van der Waals surface area contributed by atoms with Crippen molar-refractivity contribution >= 4 is 11.6 Å². The fourth-order valence-corrected chi connectivity index (χ4v) is 1.86. The second kappa shape index (κ2) is 2.09. The standard InChI is InChI=1S/C8H8ClF/c9-8-6-2-1-5(3-6)4-7(8)10/h1-2,4-6,8H,3H2/t5-,6+,8-/m0/s1. The van der Waals surface area contributed by atoms with E-state index in [-0.39, 0.29) is 11.7 Å². The van der Waals surface area contributed by atoms with Crippen molar-refractivity contribution in [2.45, 2.75) is 11.8 Å². The minimum absolute atomic E-state index is 0.145. The molecule has 0 fully saturated rings. The van der Waals surface area contributed by atoms with E-state index in [0.29, 0.717) is 5.92 Å². The molecule has 0 radical (unpaired) electrons. The first-order valence-corrected chi connectivity index (χ1v) is 3.90. The van der Waals surface area contributed by atoms with Gasteiger partial charge >= 0.3 is 0 Å². The zero-order valence-electron chi connectivity index (χ0n) is 5.43. The van der Waals surface area contributed by atoms with Gasteiger partial charge in [-0.1, -0.05) is 12.2 Å². The van der Waals surface area contributed by atoms with Crippen LogP contribution in [0.4, 0.5) is 4.39 Å². The molecular formula is C8H8ClF. The van der Waals surface area contributed by atoms with Gasteiger partial charge in [0.05, 0.1) is 5.38 Å². The Morgan fingerprint density at radius 1 is 1.50 bits per heavy atom. The summed E-state index contributed by atoms with van der Waals surface area (Å²) in [5.74, 6) is 0.421. The first kappa shape index (κ1) is 6.41. The van der Waals surface area contributed by atoms with Crippen LogP contribution in [-0.2, 0) is 0 Å². The normalized spacial score (nSPS) is 43.8. The Kier molecular flexibility index (Phi) is 1.34. The molecule has 0 unspecified atom stereocenters. The van der Waals surface area contributed by atoms with Crippen LogP contribution in [0.3, 0.4) is 0 Å². The molecule has 0 aliphatic heterocycles. The lowest BCUT2D eigenvalue weighted by Crippen LogP contribution is -2.16. The first-order valence-electron chi connectivity index (χ1n) is 3.47. The zero-order chi connectivity index (χ0) is 7.14. The maximum absolute atomic E-state index is 12.8. The van der Waals surface area contributed by atoms with E-state index < -0.39 is 5.38 Å². The topological polar surface area (TPSA) is 0 Å². The Bertz CT molecular complexity index is 207. The number of hydrogen-bond acceptors (Lipinski definition) is 0. The summed E-state index contributed by atoms with van der Waals surface area (Å²) in [6, 6.07) is 0. The Hall–Kier alpha value is -0.300. The van der Waals surface area contributed by atoms with Gasteiger partial charge in [0.25, 0.3) is 0 Å². The molecule has 54 valence electrons. The molecule has 0 nitrogen and oxygen atoms in total. The van der Waals surface area contributed by atoms with Crippen molar-refractivity contribution in [3.05, 3.63) is 24.1 Å². The summed E-state index contributed by atoms with van der Waals surface area (Å²) in [5, 5.41) is -0.394. The Labute approximate surface area is 64.4 Å². The molecule has 0 aromatic rings. The molecule has 3 atom stereocenters. The third kappa shape index (κ3) is 0.807. The number of hydrogen-bond donors (Lipinski definition) is 0. The highest BCUT2D eigenvalue weighted by molar-refractivity contribution is 6.22. The average molecular weight is 159 g/mol. The second-order valence-electron chi connectivity index (χ2n) is 2.90. The molecule has 2 rings (SSSR count). The van der Waals surface area contributed by atoms with Gasteiger partial charge in [0.15, 0.2) is 0 Å². The maximum atomic E-state index is 12.8. The summed E-state index contributed by atoms with van der Waals surface area (Å²) in [6.45, 7) is 0. The highest BCUT2D eigenvalue weighted by atomic mass is 35.5. The summed E-state index contributed by atoms with van der Waals surface area (Å²) in [5.41, 5.74) is 0. The van der Waals surface area contributed by atoms with Gasteiger partial charge in [0, 0.05) is 5.92 Å². The lowest BCUT2D eigenvalue weighted by atomic mass is 9.93. The molecule has 0 aromatic carbocycles. The van der Waals surface area contributed by atoms with E-state index in [1.54, 1.807) is 6.08 Å². The number of fused-ring (bicyclic) bond motifs is 2. The van der Waals surface area contributed by atoms with Crippen LogP contribution in [0, 0.1) is 11.8 Å². The number of halogens is 2. The highest BCUT2D eigenvalue weighted by Gasteiger charge is 2.31. The third-order valence-electron chi connectivity index (χ3n) is 2.16. The summed E-state index contributed by atoms with van der Waals surface area (Å²) < 4.78 is 12.8. The Morgan fingerprint density at radius 3 is 3.10 bits per heavy atom. The van der Waals surface area contributed by atoms with Crippen LogP contribution in [0.15, 0.2) is 24.1 Å². The molecule has 2 aliphatic rings. The number of allylic oxidation sites excluding steroid dienone is 4. The van der Waals surface area contributed by atoms with Crippen LogP contribution < -0.4 is 0 Å². The summed E-state index contributed by atoms with van der Waals surface area (Å²) in [4.78, 5) is 0. The van der Waals surface area contributed by atoms with Crippen LogP contribution in [-0.4, -0.2) is 5.38 Å². The van der Waals surface area contributed by atoms with Gasteiger partial charge in [0.1, 0.15) is 5.83 Å². The van der Waals surface area contributed by atoms with Crippen molar-refractivity contribution in [1.29, 1.82) is 0 Å². The van der Waals surface area contributed by atoms with Crippen molar-refractivity contribution in [3.63, 3.8) is 0 Å². The molecule has 0 N–H and O–H groups in total. The van der Waals surface area contributed by atoms with Crippen molar-refractivity contribution in [2.75, 3.05) is 0 Å². The van der Waals surface area contributed by atoms with E-state index in [1.807, 2.05) is 12.2 Å². The van der Waals surface area contributed by atoms with Gasteiger partial charge in [0.2, 0.25) is 0 Å². The van der Waals surface area contributed by atoms with E-state index in [1.165, 1.54) is 0 Å². The van der Waals surface area contributed by atoms with Crippen LogP contribution in [0.2, 0.25) is 0 Å². The van der Waals surface area contributed by atoms with E-state index in [4.69, 9.17) is 11.6 Å². The lowest BCUT2D eigenvalue weighted by Gasteiger charge is -2.19. The van der Waals surface area contributed by atoms with Crippen LogP contribution in [0.1, 0.15) is 6.42 Å². The summed E-state index contributed by atoms with van der Waals surface area (Å²) in [6.07, 6.45) is 6.68. The zero-order valence-corrected chi connectivity index (χ0v) is 6.18. The molecule has 2 aliphatic carbocycles. The lowest BCUT2D eigenvalue weighted by molar-refractivity contribution is 0.462. The van der Waals surface area contributed by atoms with Crippen molar-refractivity contribution in [1.82, 2.24) is 0 Å². The van der Waals surface area contributed by atoms with Gasteiger partial charge < -0.3 is 0 Å². The van der Waals surface area contributed by atoms with Gasteiger partial charge in [-0.15, -0.1) is 11.6 Å². The molecule has 0 saturated heterocycles. The van der Waals surface area contributed by atoms with Gasteiger partial charge in [-0.2, -0.15) is 0 Å². The van der Waals surface area contributed by atoms with Gasteiger partial charge in [-0.25, -0.2) is 4.39 Å². The molecule has 2 bridgehead atoms. The molecule has 10 heavy (non-hydrogen) atoms. The predicted molar refractivity (Wildman–Crippen MR) is 39.6 cm³/mol. The smallest absolute Gasteiger partial charge is 0.115 e. The molecular weight excluding hydrogens is 151 g/mol. The van der Waals surface area contributed by atoms with Crippen LogP contribution >= 0.6 is 11.6 Å². The third-order valence-corrected chi connectivity index (χ3v) is 2.69. The van der Waals surface area contributed by atoms with E-state index in [2.05, 4.69) is 0 Å². The quantitative estimate of drug-likeness (QED) is 0.376. The minimum Gasteiger partial charge on any atom is -0.210 e. The fourth-order valence-electron chi connectivity index (χ4n) is 1.60. The monoisotopic (exact) mass is 158 g/mol. The highest BCUT2D eigenvalue weighted by Crippen LogP contribution is 2.38. The van der Waals surface area contributed by atoms with Crippen molar-refractivity contribution in [2.24, 2.45) is 11.8 Å². The largest absolute Gasteiger partial charge is 0.210 e. The number of alkyl halides is 1. The predicted octanol–water partition coefficient (Wildman–Crippen LogP) is 2.65. The average Bonchev–Trinajstić information content (AvgIpc) is 2.29. The minimum atomic E-state index is -0.394. The van der Waals surface area contributed by atoms with Gasteiger partial charge in [-0.3, -0.25) is 0 Å². The molecule has 0 aromatic heterocycles.